The van der Waals surface area contributed by atoms with Gasteiger partial charge in [0.05, 0.1) is 13.3 Å². The summed E-state index contributed by atoms with van der Waals surface area (Å²) in [5.74, 6) is 0.334. The molecule has 3 nitrogen and oxygen atoms in total. The Morgan fingerprint density at radius 2 is 2.21 bits per heavy atom. The zero-order valence-electron chi connectivity index (χ0n) is 7.53. The predicted molar refractivity (Wildman–Crippen MR) is 48.4 cm³/mol. The lowest BCUT2D eigenvalue weighted by molar-refractivity contribution is 0.386. The van der Waals surface area contributed by atoms with E-state index in [0.29, 0.717) is 11.3 Å². The summed E-state index contributed by atoms with van der Waals surface area (Å²) in [7, 11) is 1.42. The van der Waals surface area contributed by atoms with E-state index >= 15 is 0 Å². The molecule has 0 radical (unpaired) electrons. The second kappa shape index (κ2) is 3.49. The van der Waals surface area contributed by atoms with Crippen molar-refractivity contribution in [2.75, 3.05) is 7.11 Å². The molecule has 0 bridgehead atoms. The lowest BCUT2D eigenvalue weighted by Gasteiger charge is -2.02. The summed E-state index contributed by atoms with van der Waals surface area (Å²) in [5.41, 5.74) is 0.640. The van der Waals surface area contributed by atoms with E-state index in [-0.39, 0.29) is 5.75 Å². The Kier molecular flexibility index (Phi) is 2.18. The van der Waals surface area contributed by atoms with Crippen LogP contribution in [0.15, 0.2) is 35.0 Å². The summed E-state index contributed by atoms with van der Waals surface area (Å²) in [6.07, 6.45) is 1.51. The average molecular weight is 193 g/mol. The maximum absolute atomic E-state index is 13.3. The van der Waals surface area contributed by atoms with Crippen LogP contribution >= 0.6 is 0 Å². The zero-order valence-corrected chi connectivity index (χ0v) is 7.53. The van der Waals surface area contributed by atoms with Gasteiger partial charge in [0.25, 0.3) is 0 Å². The van der Waals surface area contributed by atoms with E-state index in [2.05, 4.69) is 5.16 Å². The second-order valence-electron chi connectivity index (χ2n) is 2.73. The van der Waals surface area contributed by atoms with Gasteiger partial charge in [-0.25, -0.2) is 4.39 Å². The first-order valence-electron chi connectivity index (χ1n) is 4.06. The van der Waals surface area contributed by atoms with Crippen molar-refractivity contribution in [2.24, 2.45) is 0 Å². The van der Waals surface area contributed by atoms with Crippen molar-refractivity contribution in [3.63, 3.8) is 0 Å². The van der Waals surface area contributed by atoms with Gasteiger partial charge in [-0.3, -0.25) is 0 Å². The summed E-state index contributed by atoms with van der Waals surface area (Å²) < 4.78 is 22.9. The largest absolute Gasteiger partial charge is 0.494 e. The lowest BCUT2D eigenvalue weighted by atomic mass is 10.1. The molecule has 0 saturated carbocycles. The first-order chi connectivity index (χ1) is 6.81. The number of aromatic nitrogens is 1. The van der Waals surface area contributed by atoms with Crippen LogP contribution in [0.4, 0.5) is 4.39 Å². The monoisotopic (exact) mass is 193 g/mol. The number of benzene rings is 1. The lowest BCUT2D eigenvalue weighted by Crippen LogP contribution is -1.87. The van der Waals surface area contributed by atoms with Crippen LogP contribution in [0.2, 0.25) is 0 Å². The Morgan fingerprint density at radius 3 is 2.79 bits per heavy atom. The fourth-order valence-electron chi connectivity index (χ4n) is 1.18. The highest BCUT2D eigenvalue weighted by Gasteiger charge is 2.06. The molecule has 0 aliphatic heterocycles. The highest BCUT2D eigenvalue weighted by molar-refractivity contribution is 5.58. The van der Waals surface area contributed by atoms with E-state index in [1.165, 1.54) is 19.4 Å². The first-order valence-corrected chi connectivity index (χ1v) is 4.06. The van der Waals surface area contributed by atoms with Gasteiger partial charge in [0, 0.05) is 11.6 Å². The minimum Gasteiger partial charge on any atom is -0.494 e. The predicted octanol–water partition coefficient (Wildman–Crippen LogP) is 2.49. The van der Waals surface area contributed by atoms with Gasteiger partial charge >= 0.3 is 0 Å². The molecule has 14 heavy (non-hydrogen) atoms. The van der Waals surface area contributed by atoms with Crippen LogP contribution in [-0.4, -0.2) is 12.3 Å². The Labute approximate surface area is 80.1 Å². The van der Waals surface area contributed by atoms with E-state index in [4.69, 9.17) is 9.26 Å². The molecule has 0 aliphatic carbocycles. The molecule has 0 atom stereocenters. The van der Waals surface area contributed by atoms with Crippen LogP contribution in [0.5, 0.6) is 5.75 Å². The normalized spacial score (nSPS) is 10.1. The molecule has 0 unspecified atom stereocenters. The van der Waals surface area contributed by atoms with E-state index in [0.717, 1.165) is 0 Å². The third-order valence-electron chi connectivity index (χ3n) is 1.87. The van der Waals surface area contributed by atoms with E-state index in [1.807, 2.05) is 0 Å². The number of hydrogen-bond donors (Lipinski definition) is 0. The average Bonchev–Trinajstić information content (AvgIpc) is 2.70. The zero-order chi connectivity index (χ0) is 9.97. The fraction of sp³-hybridized carbons (Fsp3) is 0.100. The van der Waals surface area contributed by atoms with Crippen LogP contribution in [0.3, 0.4) is 0 Å². The van der Waals surface area contributed by atoms with Crippen molar-refractivity contribution in [3.8, 4) is 17.1 Å². The van der Waals surface area contributed by atoms with Crippen molar-refractivity contribution in [3.05, 3.63) is 36.3 Å². The minimum absolute atomic E-state index is 0.216. The molecule has 2 aromatic rings. The van der Waals surface area contributed by atoms with Crippen molar-refractivity contribution >= 4 is 0 Å². The summed E-state index contributed by atoms with van der Waals surface area (Å²) in [5, 5.41) is 3.54. The highest BCUT2D eigenvalue weighted by Crippen LogP contribution is 2.24. The molecule has 72 valence electrons. The molecule has 4 heteroatoms. The number of hydrogen-bond acceptors (Lipinski definition) is 3. The molecule has 0 fully saturated rings. The van der Waals surface area contributed by atoms with Gasteiger partial charge in [-0.1, -0.05) is 5.16 Å². The van der Waals surface area contributed by atoms with Gasteiger partial charge in [-0.2, -0.15) is 0 Å². The highest BCUT2D eigenvalue weighted by atomic mass is 19.1. The van der Waals surface area contributed by atoms with Gasteiger partial charge in [0.2, 0.25) is 0 Å². The number of halogens is 1. The minimum atomic E-state index is -0.415. The number of nitrogens with zero attached hydrogens (tertiary/aromatic N) is 1. The van der Waals surface area contributed by atoms with Gasteiger partial charge < -0.3 is 9.26 Å². The molecule has 1 aromatic heterocycles. The number of ether oxygens (including phenoxy) is 1. The maximum atomic E-state index is 13.3. The third-order valence-corrected chi connectivity index (χ3v) is 1.87. The second-order valence-corrected chi connectivity index (χ2v) is 2.73. The van der Waals surface area contributed by atoms with Crippen molar-refractivity contribution < 1.29 is 13.7 Å². The number of rotatable bonds is 2. The number of methoxy groups -OCH3 is 1. The fourth-order valence-corrected chi connectivity index (χ4v) is 1.18. The molecule has 1 aromatic carbocycles. The first kappa shape index (κ1) is 8.74. The Balaban J connectivity index is 2.43. The molecule has 2 rings (SSSR count). The van der Waals surface area contributed by atoms with E-state index in [9.17, 15) is 4.39 Å². The van der Waals surface area contributed by atoms with Gasteiger partial charge in [-0.15, -0.1) is 0 Å². The molecular weight excluding hydrogens is 185 g/mol. The van der Waals surface area contributed by atoms with Crippen molar-refractivity contribution in [1.82, 2.24) is 5.16 Å². The standard InChI is InChI=1S/C10H8FNO2/c1-13-10-3-2-7(6-8(10)11)9-4-5-12-14-9/h2-6H,1H3. The summed E-state index contributed by atoms with van der Waals surface area (Å²) in [6.45, 7) is 0. The van der Waals surface area contributed by atoms with Gasteiger partial charge in [0.1, 0.15) is 0 Å². The molecule has 0 spiro atoms. The molecule has 0 aliphatic rings. The topological polar surface area (TPSA) is 35.3 Å². The molecule has 1 heterocycles. The van der Waals surface area contributed by atoms with Gasteiger partial charge in [0.15, 0.2) is 17.3 Å². The van der Waals surface area contributed by atoms with Crippen LogP contribution in [0.25, 0.3) is 11.3 Å². The smallest absolute Gasteiger partial charge is 0.166 e. The van der Waals surface area contributed by atoms with Crippen molar-refractivity contribution in [2.45, 2.75) is 0 Å². The van der Waals surface area contributed by atoms with E-state index < -0.39 is 5.82 Å². The quantitative estimate of drug-likeness (QED) is 0.734. The van der Waals surface area contributed by atoms with Crippen LogP contribution in [0.1, 0.15) is 0 Å². The van der Waals surface area contributed by atoms with Crippen molar-refractivity contribution in [1.29, 1.82) is 0 Å². The summed E-state index contributed by atoms with van der Waals surface area (Å²) in [6, 6.07) is 6.27. The maximum Gasteiger partial charge on any atom is 0.166 e. The van der Waals surface area contributed by atoms with Crippen LogP contribution < -0.4 is 4.74 Å². The SMILES string of the molecule is COc1ccc(-c2ccno2)cc1F. The molecular formula is C10H8FNO2. The molecule has 0 N–H and O–H groups in total. The molecule has 0 amide bonds. The third kappa shape index (κ3) is 1.46. The molecule has 0 saturated heterocycles. The van der Waals surface area contributed by atoms with Crippen LogP contribution in [-0.2, 0) is 0 Å². The Bertz CT molecular complexity index is 426. The Morgan fingerprint density at radius 1 is 1.36 bits per heavy atom. The van der Waals surface area contributed by atoms with Gasteiger partial charge in [-0.05, 0) is 18.2 Å². The van der Waals surface area contributed by atoms with E-state index in [1.54, 1.807) is 18.2 Å². The Hall–Kier alpha value is -1.84. The van der Waals surface area contributed by atoms with Crippen LogP contribution in [0, 0.1) is 5.82 Å². The summed E-state index contributed by atoms with van der Waals surface area (Å²) >= 11 is 0. The summed E-state index contributed by atoms with van der Waals surface area (Å²) in [4.78, 5) is 0.